The van der Waals surface area contributed by atoms with Gasteiger partial charge >= 0.3 is 0 Å². The number of carbonyl (C=O) groups excluding carboxylic acids is 1. The molecule has 0 atom stereocenters. The number of nitrogens with one attached hydrogen (secondary N) is 1. The van der Waals surface area contributed by atoms with Crippen molar-refractivity contribution in [3.63, 3.8) is 0 Å². The molecule has 1 saturated heterocycles. The van der Waals surface area contributed by atoms with E-state index in [4.69, 9.17) is 5.73 Å². The number of carbonyl (C=O) groups is 1. The van der Waals surface area contributed by atoms with Crippen LogP contribution in [0.4, 0.5) is 5.69 Å². The minimum atomic E-state index is 0. The first kappa shape index (κ1) is 18.0. The lowest BCUT2D eigenvalue weighted by Crippen LogP contribution is -2.40. The minimum Gasteiger partial charge on any atom is -0.330 e. The van der Waals surface area contributed by atoms with Gasteiger partial charge in [0.2, 0.25) is 5.91 Å². The summed E-state index contributed by atoms with van der Waals surface area (Å²) in [7, 11) is 0. The predicted molar refractivity (Wildman–Crippen MR) is 89.9 cm³/mol. The third-order valence-corrected chi connectivity index (χ3v) is 4.05. The van der Waals surface area contributed by atoms with Crippen LogP contribution in [-0.4, -0.2) is 37.0 Å². The molecule has 21 heavy (non-hydrogen) atoms. The molecule has 3 N–H and O–H groups in total. The van der Waals surface area contributed by atoms with E-state index in [-0.39, 0.29) is 18.3 Å². The lowest BCUT2D eigenvalue weighted by molar-refractivity contribution is -0.117. The summed E-state index contributed by atoms with van der Waals surface area (Å²) >= 11 is 0. The Bertz CT molecular complexity index is 428. The Morgan fingerprint density at radius 1 is 1.29 bits per heavy atom. The zero-order valence-corrected chi connectivity index (χ0v) is 13.5. The number of anilines is 1. The van der Waals surface area contributed by atoms with Crippen LogP contribution < -0.4 is 11.1 Å². The summed E-state index contributed by atoms with van der Waals surface area (Å²) in [6, 6.07) is 8.06. The SMILES string of the molecule is CCc1ccc(NC(=O)CN2CCC(CN)CC2)cc1.Cl. The number of amides is 1. The molecule has 1 amide bonds. The van der Waals surface area contributed by atoms with Crippen molar-refractivity contribution in [1.82, 2.24) is 4.90 Å². The fraction of sp³-hybridized carbons (Fsp3) is 0.562. The van der Waals surface area contributed by atoms with Crippen molar-refractivity contribution < 1.29 is 4.79 Å². The van der Waals surface area contributed by atoms with E-state index in [0.717, 1.165) is 44.6 Å². The molecular weight excluding hydrogens is 286 g/mol. The molecule has 0 unspecified atom stereocenters. The molecule has 0 radical (unpaired) electrons. The smallest absolute Gasteiger partial charge is 0.238 e. The Hall–Kier alpha value is -1.10. The monoisotopic (exact) mass is 311 g/mol. The number of rotatable bonds is 5. The van der Waals surface area contributed by atoms with Gasteiger partial charge in [-0.1, -0.05) is 19.1 Å². The summed E-state index contributed by atoms with van der Waals surface area (Å²) in [5.74, 6) is 0.705. The highest BCUT2D eigenvalue weighted by atomic mass is 35.5. The summed E-state index contributed by atoms with van der Waals surface area (Å²) in [5.41, 5.74) is 7.84. The largest absolute Gasteiger partial charge is 0.330 e. The maximum absolute atomic E-state index is 12.0. The van der Waals surface area contributed by atoms with Gasteiger partial charge in [-0.05, 0) is 62.5 Å². The van der Waals surface area contributed by atoms with Gasteiger partial charge in [0.1, 0.15) is 0 Å². The highest BCUT2D eigenvalue weighted by molar-refractivity contribution is 5.92. The number of aryl methyl sites for hydroxylation is 1. The molecule has 0 spiro atoms. The van der Waals surface area contributed by atoms with E-state index in [1.807, 2.05) is 12.1 Å². The lowest BCUT2D eigenvalue weighted by Gasteiger charge is -2.30. The van der Waals surface area contributed by atoms with Gasteiger partial charge in [0.25, 0.3) is 0 Å². The van der Waals surface area contributed by atoms with Crippen LogP contribution in [0.5, 0.6) is 0 Å². The lowest BCUT2D eigenvalue weighted by atomic mass is 9.97. The molecule has 0 bridgehead atoms. The minimum absolute atomic E-state index is 0. The predicted octanol–water partition coefficient (Wildman–Crippen LogP) is 2.28. The summed E-state index contributed by atoms with van der Waals surface area (Å²) in [6.45, 7) is 5.32. The summed E-state index contributed by atoms with van der Waals surface area (Å²) in [4.78, 5) is 14.2. The first-order chi connectivity index (χ1) is 9.71. The van der Waals surface area contributed by atoms with E-state index < -0.39 is 0 Å². The number of benzene rings is 1. The van der Waals surface area contributed by atoms with Crippen molar-refractivity contribution in [2.45, 2.75) is 26.2 Å². The molecule has 5 heteroatoms. The summed E-state index contributed by atoms with van der Waals surface area (Å²) in [6.07, 6.45) is 3.23. The Kier molecular flexibility index (Phi) is 7.72. The second kappa shape index (κ2) is 9.03. The van der Waals surface area contributed by atoms with Crippen LogP contribution in [0.3, 0.4) is 0 Å². The number of hydrogen-bond donors (Lipinski definition) is 2. The molecule has 1 aromatic carbocycles. The van der Waals surface area contributed by atoms with Crippen molar-refractivity contribution in [3.8, 4) is 0 Å². The fourth-order valence-corrected chi connectivity index (χ4v) is 2.61. The van der Waals surface area contributed by atoms with E-state index in [2.05, 4.69) is 29.3 Å². The van der Waals surface area contributed by atoms with Crippen LogP contribution in [0, 0.1) is 5.92 Å². The molecule has 1 heterocycles. The molecule has 118 valence electrons. The average molecular weight is 312 g/mol. The first-order valence-electron chi connectivity index (χ1n) is 7.52. The number of hydrogen-bond acceptors (Lipinski definition) is 3. The van der Waals surface area contributed by atoms with Gasteiger partial charge < -0.3 is 11.1 Å². The second-order valence-corrected chi connectivity index (χ2v) is 5.55. The average Bonchev–Trinajstić information content (AvgIpc) is 2.49. The van der Waals surface area contributed by atoms with Gasteiger partial charge in [0.15, 0.2) is 0 Å². The number of nitrogens with two attached hydrogens (primary N) is 1. The zero-order valence-electron chi connectivity index (χ0n) is 12.7. The van der Waals surface area contributed by atoms with Crippen molar-refractivity contribution in [1.29, 1.82) is 0 Å². The molecule has 0 saturated carbocycles. The Morgan fingerprint density at radius 3 is 2.43 bits per heavy atom. The van der Waals surface area contributed by atoms with Gasteiger partial charge in [-0.3, -0.25) is 9.69 Å². The van der Waals surface area contributed by atoms with Crippen molar-refractivity contribution in [2.75, 3.05) is 31.5 Å². The quantitative estimate of drug-likeness (QED) is 0.877. The van der Waals surface area contributed by atoms with Gasteiger partial charge in [-0.25, -0.2) is 0 Å². The maximum Gasteiger partial charge on any atom is 0.238 e. The number of piperidine rings is 1. The third kappa shape index (κ3) is 5.65. The Morgan fingerprint density at radius 2 is 1.90 bits per heavy atom. The van der Waals surface area contributed by atoms with E-state index in [1.165, 1.54) is 5.56 Å². The Labute approximate surface area is 133 Å². The summed E-state index contributed by atoms with van der Waals surface area (Å²) in [5, 5.41) is 2.96. The zero-order chi connectivity index (χ0) is 14.4. The van der Waals surface area contributed by atoms with E-state index in [0.29, 0.717) is 12.5 Å². The van der Waals surface area contributed by atoms with Crippen LogP contribution in [0.15, 0.2) is 24.3 Å². The van der Waals surface area contributed by atoms with Gasteiger partial charge in [-0.15, -0.1) is 12.4 Å². The van der Waals surface area contributed by atoms with Gasteiger partial charge in [0, 0.05) is 5.69 Å². The van der Waals surface area contributed by atoms with Crippen molar-refractivity contribution >= 4 is 24.0 Å². The van der Waals surface area contributed by atoms with E-state index >= 15 is 0 Å². The standard InChI is InChI=1S/C16H25N3O.ClH/c1-2-13-3-5-15(6-4-13)18-16(20)12-19-9-7-14(11-17)8-10-19;/h3-6,14H,2,7-12,17H2,1H3,(H,18,20);1H. The summed E-state index contributed by atoms with van der Waals surface area (Å²) < 4.78 is 0. The molecule has 1 aliphatic rings. The van der Waals surface area contributed by atoms with E-state index in [1.54, 1.807) is 0 Å². The van der Waals surface area contributed by atoms with Crippen molar-refractivity contribution in [3.05, 3.63) is 29.8 Å². The number of nitrogens with zero attached hydrogens (tertiary/aromatic N) is 1. The molecule has 2 rings (SSSR count). The fourth-order valence-electron chi connectivity index (χ4n) is 2.61. The van der Waals surface area contributed by atoms with Gasteiger partial charge in [0.05, 0.1) is 6.54 Å². The van der Waals surface area contributed by atoms with Gasteiger partial charge in [-0.2, -0.15) is 0 Å². The first-order valence-corrected chi connectivity index (χ1v) is 7.52. The van der Waals surface area contributed by atoms with Crippen LogP contribution in [-0.2, 0) is 11.2 Å². The van der Waals surface area contributed by atoms with Crippen LogP contribution in [0.1, 0.15) is 25.3 Å². The highest BCUT2D eigenvalue weighted by Gasteiger charge is 2.19. The number of likely N-dealkylation sites (tertiary alicyclic amines) is 1. The molecule has 4 nitrogen and oxygen atoms in total. The second-order valence-electron chi connectivity index (χ2n) is 5.55. The van der Waals surface area contributed by atoms with Crippen LogP contribution >= 0.6 is 12.4 Å². The van der Waals surface area contributed by atoms with Crippen molar-refractivity contribution in [2.24, 2.45) is 11.7 Å². The topological polar surface area (TPSA) is 58.4 Å². The highest BCUT2D eigenvalue weighted by Crippen LogP contribution is 2.16. The van der Waals surface area contributed by atoms with Crippen LogP contribution in [0.25, 0.3) is 0 Å². The molecule has 1 aromatic rings. The molecular formula is C16H26ClN3O. The Balaban J connectivity index is 0.00000220. The third-order valence-electron chi connectivity index (χ3n) is 4.05. The van der Waals surface area contributed by atoms with Crippen LogP contribution in [0.2, 0.25) is 0 Å². The maximum atomic E-state index is 12.0. The normalized spacial score (nSPS) is 16.3. The van der Waals surface area contributed by atoms with E-state index in [9.17, 15) is 4.79 Å². The molecule has 1 aliphatic heterocycles. The number of halogens is 1. The molecule has 0 aliphatic carbocycles. The molecule has 0 aromatic heterocycles. The molecule has 1 fully saturated rings.